The number of hydrogen-bond acceptors (Lipinski definition) is 5. The quantitative estimate of drug-likeness (QED) is 0.0308. The van der Waals surface area contributed by atoms with E-state index in [0.717, 1.165) is 38.5 Å². The summed E-state index contributed by atoms with van der Waals surface area (Å²) < 4.78 is 0. The molecule has 6 nitrogen and oxygen atoms in total. The number of aliphatic hydroxyl groups excluding tert-OH is 4. The van der Waals surface area contributed by atoms with Crippen LogP contribution in [-0.4, -0.2) is 57.3 Å². The second-order valence-corrected chi connectivity index (χ2v) is 20.3. The third-order valence-corrected chi connectivity index (χ3v) is 13.9. The molecule has 0 fully saturated rings. The lowest BCUT2D eigenvalue weighted by Crippen LogP contribution is -2.53. The summed E-state index contributed by atoms with van der Waals surface area (Å²) >= 11 is 0. The summed E-state index contributed by atoms with van der Waals surface area (Å²) in [7, 11) is 0. The lowest BCUT2D eigenvalue weighted by Gasteiger charge is -2.27. The molecule has 0 spiro atoms. The van der Waals surface area contributed by atoms with E-state index < -0.39 is 36.9 Å². The van der Waals surface area contributed by atoms with Crippen LogP contribution in [0.2, 0.25) is 0 Å². The smallest absolute Gasteiger partial charge is 0.249 e. The van der Waals surface area contributed by atoms with Crippen LogP contribution in [0.4, 0.5) is 0 Å². The van der Waals surface area contributed by atoms with Crippen LogP contribution in [-0.2, 0) is 4.79 Å². The van der Waals surface area contributed by atoms with Gasteiger partial charge in [0, 0.05) is 0 Å². The summed E-state index contributed by atoms with van der Waals surface area (Å²) in [4.78, 5) is 12.6. The number of aliphatic hydroxyl groups is 4. The Balaban J connectivity index is 3.63. The molecule has 65 heavy (non-hydrogen) atoms. The predicted molar refractivity (Wildman–Crippen MR) is 284 cm³/mol. The molecule has 4 atom stereocenters. The molecule has 0 aliphatic heterocycles. The standard InChI is InChI=1S/C59H115NO5/c1-3-5-7-9-11-13-15-17-19-21-23-25-27-28-29-30-31-33-35-37-39-41-43-45-47-49-51-53-57(63)59(65)60-55(54-61)58(64)56(62)52-50-48-46-44-42-40-38-36-34-32-26-24-22-20-18-16-14-12-10-8-6-4-2/h28-29,44,46,55-58,61-64H,3-27,30-43,45,47-54H2,1-2H3,(H,60,65)/b29-28-,46-44+. The van der Waals surface area contributed by atoms with Gasteiger partial charge in [0.05, 0.1) is 18.8 Å². The molecule has 0 aromatic rings. The Hall–Kier alpha value is -1.21. The van der Waals surface area contributed by atoms with Gasteiger partial charge in [0.15, 0.2) is 0 Å². The highest BCUT2D eigenvalue weighted by atomic mass is 16.3. The summed E-state index contributed by atoms with van der Waals surface area (Å²) in [6.45, 7) is 4.08. The summed E-state index contributed by atoms with van der Waals surface area (Å²) in [5.74, 6) is -0.589. The molecular formula is C59H115NO5. The maximum absolute atomic E-state index is 12.6. The maximum atomic E-state index is 12.6. The monoisotopic (exact) mass is 918 g/mol. The number of allylic oxidation sites excluding steroid dienone is 4. The normalized spacial score (nSPS) is 13.9. The molecule has 0 saturated carbocycles. The first-order valence-electron chi connectivity index (χ1n) is 29.2. The Morgan fingerprint density at radius 3 is 0.923 bits per heavy atom. The lowest BCUT2D eigenvalue weighted by atomic mass is 10.00. The number of carbonyl (C=O) groups is 1. The van der Waals surface area contributed by atoms with E-state index >= 15 is 0 Å². The molecule has 0 radical (unpaired) electrons. The molecular weight excluding hydrogens is 803 g/mol. The van der Waals surface area contributed by atoms with Gasteiger partial charge in [-0.05, 0) is 64.2 Å². The molecule has 0 aliphatic rings. The molecule has 0 saturated heterocycles. The second-order valence-electron chi connectivity index (χ2n) is 20.3. The van der Waals surface area contributed by atoms with Crippen molar-refractivity contribution in [2.75, 3.05) is 6.61 Å². The molecule has 6 heteroatoms. The first kappa shape index (κ1) is 63.8. The first-order valence-corrected chi connectivity index (χ1v) is 29.2. The van der Waals surface area contributed by atoms with Gasteiger partial charge in [-0.15, -0.1) is 0 Å². The third kappa shape index (κ3) is 47.6. The van der Waals surface area contributed by atoms with Crippen LogP contribution < -0.4 is 5.32 Å². The molecule has 4 unspecified atom stereocenters. The number of unbranched alkanes of at least 4 members (excludes halogenated alkanes) is 41. The van der Waals surface area contributed by atoms with Gasteiger partial charge in [-0.3, -0.25) is 4.79 Å². The minimum Gasteiger partial charge on any atom is -0.394 e. The van der Waals surface area contributed by atoms with Gasteiger partial charge in [0.2, 0.25) is 5.91 Å². The van der Waals surface area contributed by atoms with Crippen molar-refractivity contribution in [3.63, 3.8) is 0 Å². The molecule has 0 aromatic carbocycles. The fraction of sp³-hybridized carbons (Fsp3) is 0.915. The zero-order chi connectivity index (χ0) is 47.4. The van der Waals surface area contributed by atoms with Crippen molar-refractivity contribution < 1.29 is 25.2 Å². The summed E-state index contributed by atoms with van der Waals surface area (Å²) in [5.41, 5.74) is 0. The fourth-order valence-electron chi connectivity index (χ4n) is 9.29. The van der Waals surface area contributed by atoms with Crippen LogP contribution >= 0.6 is 0 Å². The summed E-state index contributed by atoms with van der Waals surface area (Å²) in [5, 5.41) is 44.0. The van der Waals surface area contributed by atoms with Crippen LogP contribution in [0.15, 0.2) is 24.3 Å². The average molecular weight is 919 g/mol. The van der Waals surface area contributed by atoms with E-state index in [0.29, 0.717) is 12.8 Å². The van der Waals surface area contributed by atoms with E-state index in [4.69, 9.17) is 0 Å². The number of hydrogen-bond donors (Lipinski definition) is 5. The largest absolute Gasteiger partial charge is 0.394 e. The maximum Gasteiger partial charge on any atom is 0.249 e. The highest BCUT2D eigenvalue weighted by Crippen LogP contribution is 2.18. The van der Waals surface area contributed by atoms with Gasteiger partial charge < -0.3 is 25.7 Å². The van der Waals surface area contributed by atoms with Crippen LogP contribution in [0.25, 0.3) is 0 Å². The van der Waals surface area contributed by atoms with Gasteiger partial charge in [-0.25, -0.2) is 0 Å². The highest BCUT2D eigenvalue weighted by Gasteiger charge is 2.28. The zero-order valence-electron chi connectivity index (χ0n) is 43.8. The topological polar surface area (TPSA) is 110 Å². The number of amides is 1. The summed E-state index contributed by atoms with van der Waals surface area (Å²) in [6, 6.07) is -1.00. The molecule has 386 valence electrons. The molecule has 0 aromatic heterocycles. The number of nitrogens with one attached hydrogen (secondary N) is 1. The predicted octanol–water partition coefficient (Wildman–Crippen LogP) is 17.0. The number of rotatable bonds is 54. The van der Waals surface area contributed by atoms with Crippen molar-refractivity contribution in [2.45, 2.75) is 340 Å². The SMILES string of the molecule is CCCCCCCCCCCCCC/C=C\CCCCCCCCCCCCCC(O)C(=O)NC(CO)C(O)C(O)CCC/C=C/CCCCCCCCCCCCCCCCCCC. The Labute approximate surface area is 405 Å². The van der Waals surface area contributed by atoms with Crippen LogP contribution in [0, 0.1) is 0 Å². The van der Waals surface area contributed by atoms with Crippen molar-refractivity contribution in [2.24, 2.45) is 0 Å². The third-order valence-electron chi connectivity index (χ3n) is 13.9. The fourth-order valence-corrected chi connectivity index (χ4v) is 9.29. The van der Waals surface area contributed by atoms with E-state index in [1.807, 2.05) is 0 Å². The van der Waals surface area contributed by atoms with Gasteiger partial charge in [0.25, 0.3) is 0 Å². The minimum absolute atomic E-state index is 0.364. The average Bonchev–Trinajstić information content (AvgIpc) is 3.31. The zero-order valence-corrected chi connectivity index (χ0v) is 43.8. The van der Waals surface area contributed by atoms with Crippen molar-refractivity contribution in [1.82, 2.24) is 5.32 Å². The van der Waals surface area contributed by atoms with E-state index in [1.54, 1.807) is 0 Å². The van der Waals surface area contributed by atoms with Crippen LogP contribution in [0.5, 0.6) is 0 Å². The van der Waals surface area contributed by atoms with Crippen LogP contribution in [0.1, 0.15) is 316 Å². The highest BCUT2D eigenvalue weighted by molar-refractivity contribution is 5.80. The summed E-state index contributed by atoms with van der Waals surface area (Å²) in [6.07, 6.45) is 65.4. The Morgan fingerprint density at radius 1 is 0.369 bits per heavy atom. The van der Waals surface area contributed by atoms with Gasteiger partial charge in [0.1, 0.15) is 12.2 Å². The second kappa shape index (κ2) is 53.7. The van der Waals surface area contributed by atoms with Crippen LogP contribution in [0.3, 0.4) is 0 Å². The molecule has 0 heterocycles. The van der Waals surface area contributed by atoms with Crippen molar-refractivity contribution in [3.05, 3.63) is 24.3 Å². The Kier molecular flexibility index (Phi) is 52.7. The van der Waals surface area contributed by atoms with E-state index in [-0.39, 0.29) is 0 Å². The van der Waals surface area contributed by atoms with Gasteiger partial charge in [-0.2, -0.15) is 0 Å². The molecule has 5 N–H and O–H groups in total. The lowest BCUT2D eigenvalue weighted by molar-refractivity contribution is -0.132. The van der Waals surface area contributed by atoms with Crippen molar-refractivity contribution >= 4 is 5.91 Å². The minimum atomic E-state index is -1.28. The number of carbonyl (C=O) groups excluding carboxylic acids is 1. The van der Waals surface area contributed by atoms with Crippen molar-refractivity contribution in [3.8, 4) is 0 Å². The van der Waals surface area contributed by atoms with E-state index in [2.05, 4.69) is 43.5 Å². The Bertz CT molecular complexity index is 986. The van der Waals surface area contributed by atoms with E-state index in [9.17, 15) is 25.2 Å². The molecule has 0 aliphatic carbocycles. The van der Waals surface area contributed by atoms with Gasteiger partial charge >= 0.3 is 0 Å². The molecule has 1 amide bonds. The van der Waals surface area contributed by atoms with Gasteiger partial charge in [-0.1, -0.05) is 276 Å². The molecule has 0 bridgehead atoms. The van der Waals surface area contributed by atoms with Crippen molar-refractivity contribution in [1.29, 1.82) is 0 Å². The van der Waals surface area contributed by atoms with E-state index in [1.165, 1.54) is 250 Å². The Morgan fingerprint density at radius 2 is 0.631 bits per heavy atom. The molecule has 0 rings (SSSR count). The first-order chi connectivity index (χ1) is 32.0.